The van der Waals surface area contributed by atoms with Gasteiger partial charge in [0.1, 0.15) is 0 Å². The second-order valence-corrected chi connectivity index (χ2v) is 7.97. The summed E-state index contributed by atoms with van der Waals surface area (Å²) < 4.78 is 11.7. The maximum Gasteiger partial charge on any atom is 0.157 e. The van der Waals surface area contributed by atoms with Gasteiger partial charge in [0.05, 0.1) is 18.0 Å². The fraction of sp³-hybridized carbons (Fsp3) is 0.429. The van der Waals surface area contributed by atoms with Crippen LogP contribution in [0.3, 0.4) is 0 Å². The molecule has 0 spiro atoms. The molecule has 0 radical (unpaired) electrons. The molecule has 2 atom stereocenters. The van der Waals surface area contributed by atoms with Crippen LogP contribution in [0.5, 0.6) is 0 Å². The number of fused-ring (bicyclic) bond motifs is 2. The van der Waals surface area contributed by atoms with Gasteiger partial charge >= 0.3 is 0 Å². The van der Waals surface area contributed by atoms with Gasteiger partial charge in [-0.05, 0) is 49.4 Å². The number of rotatable bonds is 5. The fourth-order valence-electron chi connectivity index (χ4n) is 3.46. The van der Waals surface area contributed by atoms with E-state index in [-0.39, 0.29) is 6.29 Å². The van der Waals surface area contributed by atoms with Crippen LogP contribution in [0.2, 0.25) is 0 Å². The van der Waals surface area contributed by atoms with E-state index in [9.17, 15) is 0 Å². The number of hydrogen-bond acceptors (Lipinski definition) is 4. The van der Waals surface area contributed by atoms with Gasteiger partial charge in [0.2, 0.25) is 0 Å². The SMILES string of the molecule is C[C@@H](COC1CCCCO1)CN1c2ccccc2Sc2ccccc21. The van der Waals surface area contributed by atoms with Crippen molar-refractivity contribution >= 4 is 23.1 Å². The number of ether oxygens (including phenoxy) is 2. The predicted molar refractivity (Wildman–Crippen MR) is 103 cm³/mol. The third kappa shape index (κ3) is 3.86. The Kier molecular flexibility index (Phi) is 5.30. The molecule has 4 heteroatoms. The Bertz CT molecular complexity index is 669. The van der Waals surface area contributed by atoms with Crippen LogP contribution >= 0.6 is 11.8 Å². The highest BCUT2D eigenvalue weighted by atomic mass is 32.2. The van der Waals surface area contributed by atoms with Gasteiger partial charge in [0.25, 0.3) is 0 Å². The van der Waals surface area contributed by atoms with Crippen LogP contribution < -0.4 is 4.90 Å². The standard InChI is InChI=1S/C21H25NO2S/c1-16(15-24-21-12-6-7-13-23-21)14-22-17-8-2-4-10-19(17)25-20-11-5-3-9-18(20)22/h2-5,8-11,16,21H,6-7,12-15H2,1H3/t16-,21?/m1/s1. The summed E-state index contributed by atoms with van der Waals surface area (Å²) in [6.45, 7) is 4.78. The Balaban J connectivity index is 1.47. The first kappa shape index (κ1) is 17.0. The molecule has 25 heavy (non-hydrogen) atoms. The fourth-order valence-corrected chi connectivity index (χ4v) is 4.55. The number of hydrogen-bond donors (Lipinski definition) is 0. The van der Waals surface area contributed by atoms with Gasteiger partial charge < -0.3 is 14.4 Å². The molecule has 1 unspecified atom stereocenters. The van der Waals surface area contributed by atoms with Crippen LogP contribution in [0.15, 0.2) is 58.3 Å². The van der Waals surface area contributed by atoms with Crippen LogP contribution in [-0.4, -0.2) is 26.0 Å². The molecule has 0 aromatic heterocycles. The number of nitrogens with zero attached hydrogens (tertiary/aromatic N) is 1. The quantitative estimate of drug-likeness (QED) is 0.709. The van der Waals surface area contributed by atoms with Crippen LogP contribution in [-0.2, 0) is 9.47 Å². The maximum atomic E-state index is 6.01. The molecule has 132 valence electrons. The maximum absolute atomic E-state index is 6.01. The molecule has 1 saturated heterocycles. The first-order valence-corrected chi connectivity index (χ1v) is 9.99. The molecule has 2 aromatic rings. The molecule has 2 aliphatic heterocycles. The zero-order chi connectivity index (χ0) is 17.1. The van der Waals surface area contributed by atoms with Gasteiger partial charge in [-0.15, -0.1) is 0 Å². The minimum atomic E-state index is -0.00677. The zero-order valence-corrected chi connectivity index (χ0v) is 15.5. The Morgan fingerprint density at radius 2 is 1.76 bits per heavy atom. The normalized spacial score (nSPS) is 20.7. The van der Waals surface area contributed by atoms with Crippen LogP contribution in [0.25, 0.3) is 0 Å². The molecule has 0 N–H and O–H groups in total. The van der Waals surface area contributed by atoms with Gasteiger partial charge in [-0.2, -0.15) is 0 Å². The average molecular weight is 356 g/mol. The predicted octanol–water partition coefficient (Wildman–Crippen LogP) is 5.47. The molecule has 0 amide bonds. The molecule has 2 aromatic carbocycles. The van der Waals surface area contributed by atoms with Crippen molar-refractivity contribution in [3.63, 3.8) is 0 Å². The van der Waals surface area contributed by atoms with E-state index in [2.05, 4.69) is 60.4 Å². The van der Waals surface area contributed by atoms with E-state index in [1.165, 1.54) is 27.6 Å². The largest absolute Gasteiger partial charge is 0.353 e. The summed E-state index contributed by atoms with van der Waals surface area (Å²) in [6, 6.07) is 17.3. The van der Waals surface area contributed by atoms with Gasteiger partial charge in [0.15, 0.2) is 6.29 Å². The number of para-hydroxylation sites is 2. The molecule has 2 heterocycles. The van der Waals surface area contributed by atoms with Crippen LogP contribution in [0, 0.1) is 5.92 Å². The Morgan fingerprint density at radius 1 is 1.08 bits per heavy atom. The van der Waals surface area contributed by atoms with E-state index in [0.717, 1.165) is 32.6 Å². The number of benzene rings is 2. The Morgan fingerprint density at radius 3 is 2.40 bits per heavy atom. The third-order valence-corrected chi connectivity index (χ3v) is 5.86. The lowest BCUT2D eigenvalue weighted by Crippen LogP contribution is -2.30. The molecule has 0 saturated carbocycles. The van der Waals surface area contributed by atoms with E-state index >= 15 is 0 Å². The van der Waals surface area contributed by atoms with Crippen molar-refractivity contribution in [1.82, 2.24) is 0 Å². The van der Waals surface area contributed by atoms with Crippen molar-refractivity contribution in [2.75, 3.05) is 24.7 Å². The zero-order valence-electron chi connectivity index (χ0n) is 14.7. The highest BCUT2D eigenvalue weighted by Gasteiger charge is 2.24. The first-order chi connectivity index (χ1) is 12.3. The third-order valence-electron chi connectivity index (χ3n) is 4.73. The smallest absolute Gasteiger partial charge is 0.157 e. The van der Waals surface area contributed by atoms with Crippen molar-refractivity contribution in [1.29, 1.82) is 0 Å². The van der Waals surface area contributed by atoms with Gasteiger partial charge in [-0.25, -0.2) is 0 Å². The summed E-state index contributed by atoms with van der Waals surface area (Å²) in [5, 5.41) is 0. The Hall–Kier alpha value is -1.49. The van der Waals surface area contributed by atoms with Crippen molar-refractivity contribution in [3.05, 3.63) is 48.5 Å². The van der Waals surface area contributed by atoms with Gasteiger partial charge in [-0.3, -0.25) is 0 Å². The summed E-state index contributed by atoms with van der Waals surface area (Å²) in [7, 11) is 0. The average Bonchev–Trinajstić information content (AvgIpc) is 2.67. The summed E-state index contributed by atoms with van der Waals surface area (Å²) in [5.41, 5.74) is 2.60. The minimum absolute atomic E-state index is 0.00677. The minimum Gasteiger partial charge on any atom is -0.353 e. The first-order valence-electron chi connectivity index (χ1n) is 9.18. The van der Waals surface area contributed by atoms with Gasteiger partial charge in [0, 0.05) is 22.9 Å². The lowest BCUT2D eigenvalue weighted by Gasteiger charge is -2.35. The van der Waals surface area contributed by atoms with E-state index in [1.54, 1.807) is 0 Å². The lowest BCUT2D eigenvalue weighted by atomic mass is 10.1. The molecular weight excluding hydrogens is 330 g/mol. The molecule has 0 bridgehead atoms. The van der Waals surface area contributed by atoms with Crippen molar-refractivity contribution in [3.8, 4) is 0 Å². The van der Waals surface area contributed by atoms with Crippen LogP contribution in [0.4, 0.5) is 11.4 Å². The summed E-state index contributed by atoms with van der Waals surface area (Å²) in [6.07, 6.45) is 3.39. The highest BCUT2D eigenvalue weighted by molar-refractivity contribution is 7.99. The molecular formula is C21H25NO2S. The van der Waals surface area contributed by atoms with E-state index < -0.39 is 0 Å². The topological polar surface area (TPSA) is 21.7 Å². The molecule has 3 nitrogen and oxygen atoms in total. The second kappa shape index (κ2) is 7.81. The van der Waals surface area contributed by atoms with E-state index in [0.29, 0.717) is 5.92 Å². The number of anilines is 2. The van der Waals surface area contributed by atoms with E-state index in [4.69, 9.17) is 9.47 Å². The van der Waals surface area contributed by atoms with E-state index in [1.807, 2.05) is 11.8 Å². The summed E-state index contributed by atoms with van der Waals surface area (Å²) >= 11 is 1.86. The molecule has 0 aliphatic carbocycles. The molecule has 2 aliphatic rings. The summed E-state index contributed by atoms with van der Waals surface area (Å²) in [4.78, 5) is 5.09. The molecule has 1 fully saturated rings. The van der Waals surface area contributed by atoms with Crippen molar-refractivity contribution in [2.45, 2.75) is 42.3 Å². The summed E-state index contributed by atoms with van der Waals surface area (Å²) in [5.74, 6) is 0.426. The monoisotopic (exact) mass is 355 g/mol. The van der Waals surface area contributed by atoms with Gasteiger partial charge in [-0.1, -0.05) is 43.0 Å². The Labute approximate surface area is 154 Å². The second-order valence-electron chi connectivity index (χ2n) is 6.88. The van der Waals surface area contributed by atoms with Crippen molar-refractivity contribution in [2.24, 2.45) is 5.92 Å². The van der Waals surface area contributed by atoms with Crippen molar-refractivity contribution < 1.29 is 9.47 Å². The highest BCUT2D eigenvalue weighted by Crippen LogP contribution is 2.47. The van der Waals surface area contributed by atoms with Crippen LogP contribution in [0.1, 0.15) is 26.2 Å². The lowest BCUT2D eigenvalue weighted by molar-refractivity contribution is -0.167. The molecule has 4 rings (SSSR count).